The van der Waals surface area contributed by atoms with Crippen molar-refractivity contribution in [2.24, 2.45) is 0 Å². The molecule has 0 aliphatic carbocycles. The Morgan fingerprint density at radius 3 is 2.50 bits per heavy atom. The van der Waals surface area contributed by atoms with Crippen LogP contribution in [0.4, 0.5) is 0 Å². The fraction of sp³-hybridized carbons (Fsp3) is 0.0909. The molecule has 0 amide bonds. The van der Waals surface area contributed by atoms with Gasteiger partial charge in [-0.05, 0) is 24.3 Å². The Labute approximate surface area is 103 Å². The van der Waals surface area contributed by atoms with Gasteiger partial charge in [0, 0.05) is 28.0 Å². The van der Waals surface area contributed by atoms with Crippen LogP contribution in [0, 0.1) is 0 Å². The van der Waals surface area contributed by atoms with Crippen LogP contribution in [0.3, 0.4) is 0 Å². The third-order valence-corrected chi connectivity index (χ3v) is 2.66. The lowest BCUT2D eigenvalue weighted by molar-refractivity contribution is 0.210. The van der Waals surface area contributed by atoms with E-state index in [0.717, 1.165) is 0 Å². The molecule has 82 valence electrons. The van der Waals surface area contributed by atoms with Crippen molar-refractivity contribution in [2.75, 3.05) is 0 Å². The molecule has 0 saturated carbocycles. The van der Waals surface area contributed by atoms with E-state index in [9.17, 15) is 5.11 Å². The molecular weight excluding hydrogens is 247 g/mol. The smallest absolute Gasteiger partial charge is 0.161 e. The summed E-state index contributed by atoms with van der Waals surface area (Å²) in [4.78, 5) is 7.93. The van der Waals surface area contributed by atoms with Gasteiger partial charge in [-0.1, -0.05) is 23.2 Å². The van der Waals surface area contributed by atoms with Gasteiger partial charge in [0.05, 0.1) is 0 Å². The fourth-order valence-electron chi connectivity index (χ4n) is 1.32. The van der Waals surface area contributed by atoms with E-state index in [1.807, 2.05) is 0 Å². The number of nitrogens with zero attached hydrogens (tertiary/aromatic N) is 2. The van der Waals surface area contributed by atoms with Crippen molar-refractivity contribution in [1.82, 2.24) is 9.97 Å². The highest BCUT2D eigenvalue weighted by molar-refractivity contribution is 6.33. The zero-order chi connectivity index (χ0) is 11.5. The van der Waals surface area contributed by atoms with E-state index in [0.29, 0.717) is 21.4 Å². The van der Waals surface area contributed by atoms with Crippen LogP contribution in [0.25, 0.3) is 0 Å². The largest absolute Gasteiger partial charge is 0.380 e. The first-order valence-corrected chi connectivity index (χ1v) is 5.34. The molecule has 0 radical (unpaired) electrons. The highest BCUT2D eigenvalue weighted by Gasteiger charge is 2.16. The SMILES string of the molecule is OC(c1ncccn1)c1cc(Cl)ccc1Cl. The molecule has 1 heterocycles. The number of halogens is 2. The zero-order valence-corrected chi connectivity index (χ0v) is 9.65. The van der Waals surface area contributed by atoms with Crippen molar-refractivity contribution < 1.29 is 5.11 Å². The molecule has 2 rings (SSSR count). The van der Waals surface area contributed by atoms with Crippen LogP contribution >= 0.6 is 23.2 Å². The number of aromatic nitrogens is 2. The predicted molar refractivity (Wildman–Crippen MR) is 62.6 cm³/mol. The van der Waals surface area contributed by atoms with Gasteiger partial charge in [-0.25, -0.2) is 9.97 Å². The van der Waals surface area contributed by atoms with Crippen LogP contribution in [0.15, 0.2) is 36.7 Å². The summed E-state index contributed by atoms with van der Waals surface area (Å²) < 4.78 is 0. The van der Waals surface area contributed by atoms with Gasteiger partial charge >= 0.3 is 0 Å². The third kappa shape index (κ3) is 2.32. The normalized spacial score (nSPS) is 12.4. The summed E-state index contributed by atoms with van der Waals surface area (Å²) in [6, 6.07) is 6.57. The number of hydrogen-bond donors (Lipinski definition) is 1. The molecule has 5 heteroatoms. The van der Waals surface area contributed by atoms with E-state index in [4.69, 9.17) is 23.2 Å². The molecular formula is C11H8Cl2N2O. The van der Waals surface area contributed by atoms with Gasteiger partial charge in [-0.2, -0.15) is 0 Å². The lowest BCUT2D eigenvalue weighted by atomic mass is 10.1. The highest BCUT2D eigenvalue weighted by atomic mass is 35.5. The number of rotatable bonds is 2. The van der Waals surface area contributed by atoms with Crippen molar-refractivity contribution in [1.29, 1.82) is 0 Å². The minimum atomic E-state index is -0.965. The first-order chi connectivity index (χ1) is 7.68. The summed E-state index contributed by atoms with van der Waals surface area (Å²) >= 11 is 11.8. The number of benzene rings is 1. The van der Waals surface area contributed by atoms with Gasteiger partial charge in [0.25, 0.3) is 0 Å². The summed E-state index contributed by atoms with van der Waals surface area (Å²) in [6.45, 7) is 0. The highest BCUT2D eigenvalue weighted by Crippen LogP contribution is 2.28. The fourth-order valence-corrected chi connectivity index (χ4v) is 1.72. The Morgan fingerprint density at radius 2 is 1.81 bits per heavy atom. The second-order valence-corrected chi connectivity index (χ2v) is 4.02. The quantitative estimate of drug-likeness (QED) is 0.897. The van der Waals surface area contributed by atoms with Gasteiger partial charge in [0.2, 0.25) is 0 Å². The van der Waals surface area contributed by atoms with Gasteiger partial charge in [0.1, 0.15) is 6.10 Å². The molecule has 1 aromatic heterocycles. The van der Waals surface area contributed by atoms with Crippen LogP contribution in [-0.2, 0) is 0 Å². The minimum absolute atomic E-state index is 0.298. The molecule has 1 aromatic carbocycles. The lowest BCUT2D eigenvalue weighted by Gasteiger charge is -2.11. The van der Waals surface area contributed by atoms with Crippen LogP contribution in [-0.4, -0.2) is 15.1 Å². The summed E-state index contributed by atoms with van der Waals surface area (Å²) in [7, 11) is 0. The Hall–Kier alpha value is -1.16. The molecule has 3 nitrogen and oxygen atoms in total. The van der Waals surface area contributed by atoms with Crippen LogP contribution < -0.4 is 0 Å². The lowest BCUT2D eigenvalue weighted by Crippen LogP contribution is -2.05. The number of aliphatic hydroxyl groups excluding tert-OH is 1. The molecule has 16 heavy (non-hydrogen) atoms. The molecule has 0 bridgehead atoms. The number of aliphatic hydroxyl groups is 1. The summed E-state index contributed by atoms with van der Waals surface area (Å²) in [5.74, 6) is 0.298. The standard InChI is InChI=1S/C11H8Cl2N2O/c12-7-2-3-9(13)8(6-7)10(16)11-14-4-1-5-15-11/h1-6,10,16H. The van der Waals surface area contributed by atoms with Crippen LogP contribution in [0.1, 0.15) is 17.5 Å². The molecule has 0 aliphatic rings. The Balaban J connectivity index is 2.41. The summed E-state index contributed by atoms with van der Waals surface area (Å²) in [6.07, 6.45) is 2.15. The number of hydrogen-bond acceptors (Lipinski definition) is 3. The molecule has 1 atom stereocenters. The maximum atomic E-state index is 10.0. The monoisotopic (exact) mass is 254 g/mol. The van der Waals surface area contributed by atoms with E-state index in [1.165, 1.54) is 0 Å². The first-order valence-electron chi connectivity index (χ1n) is 4.58. The third-order valence-electron chi connectivity index (χ3n) is 2.08. The molecule has 0 fully saturated rings. The zero-order valence-electron chi connectivity index (χ0n) is 8.14. The van der Waals surface area contributed by atoms with Crippen molar-refractivity contribution >= 4 is 23.2 Å². The van der Waals surface area contributed by atoms with Crippen molar-refractivity contribution in [3.05, 3.63) is 58.1 Å². The van der Waals surface area contributed by atoms with E-state index < -0.39 is 6.10 Å². The van der Waals surface area contributed by atoms with Gasteiger partial charge in [-0.15, -0.1) is 0 Å². The van der Waals surface area contributed by atoms with Gasteiger partial charge < -0.3 is 5.11 Å². The van der Waals surface area contributed by atoms with Crippen molar-refractivity contribution in [3.63, 3.8) is 0 Å². The van der Waals surface area contributed by atoms with Gasteiger partial charge in [-0.3, -0.25) is 0 Å². The van der Waals surface area contributed by atoms with Crippen LogP contribution in [0.2, 0.25) is 10.0 Å². The van der Waals surface area contributed by atoms with E-state index in [1.54, 1.807) is 36.7 Å². The maximum Gasteiger partial charge on any atom is 0.161 e. The van der Waals surface area contributed by atoms with Gasteiger partial charge in [0.15, 0.2) is 5.82 Å². The Bertz CT molecular complexity index is 491. The second kappa shape index (κ2) is 4.78. The molecule has 0 aliphatic heterocycles. The predicted octanol–water partition coefficient (Wildman–Crippen LogP) is 2.87. The second-order valence-electron chi connectivity index (χ2n) is 3.18. The average Bonchev–Trinajstić information content (AvgIpc) is 2.32. The molecule has 0 spiro atoms. The topological polar surface area (TPSA) is 46.0 Å². The first kappa shape index (κ1) is 11.3. The van der Waals surface area contributed by atoms with E-state index in [2.05, 4.69) is 9.97 Å². The molecule has 1 unspecified atom stereocenters. The van der Waals surface area contributed by atoms with Crippen LogP contribution in [0.5, 0.6) is 0 Å². The minimum Gasteiger partial charge on any atom is -0.380 e. The Kier molecular flexibility index (Phi) is 3.39. The Morgan fingerprint density at radius 1 is 1.12 bits per heavy atom. The average molecular weight is 255 g/mol. The molecule has 1 N–H and O–H groups in total. The summed E-state index contributed by atoms with van der Waals surface area (Å²) in [5, 5.41) is 11.0. The van der Waals surface area contributed by atoms with E-state index in [-0.39, 0.29) is 0 Å². The maximum absolute atomic E-state index is 10.0. The summed E-state index contributed by atoms with van der Waals surface area (Å²) in [5.41, 5.74) is 0.500. The van der Waals surface area contributed by atoms with E-state index >= 15 is 0 Å². The van der Waals surface area contributed by atoms with Crippen molar-refractivity contribution in [3.8, 4) is 0 Å². The molecule has 2 aromatic rings. The van der Waals surface area contributed by atoms with Crippen molar-refractivity contribution in [2.45, 2.75) is 6.10 Å². The molecule has 0 saturated heterocycles.